The normalized spacial score (nSPS) is 27.0. The summed E-state index contributed by atoms with van der Waals surface area (Å²) >= 11 is -0.886. The molecule has 0 heterocycles. The molecule has 3 aliphatic rings. The first-order chi connectivity index (χ1) is 13.2. The molecule has 4 heteroatoms. The van der Waals surface area contributed by atoms with Crippen molar-refractivity contribution < 1.29 is 47.7 Å². The molecule has 0 saturated heterocycles. The first-order valence-corrected chi connectivity index (χ1v) is 16.4. The molecule has 4 rings (SSSR count). The molecule has 1 saturated carbocycles. The Balaban J connectivity index is 0.00000160. The molecule has 0 bridgehead atoms. The molecule has 1 fully saturated rings. The number of rotatable bonds is 3. The van der Waals surface area contributed by atoms with E-state index in [-0.39, 0.29) is 32.7 Å². The van der Waals surface area contributed by atoms with Crippen LogP contribution in [0.2, 0.25) is 3.67 Å². The second-order valence-electron chi connectivity index (χ2n) is 10.7. The van der Waals surface area contributed by atoms with Crippen molar-refractivity contribution in [3.8, 4) is 0 Å². The van der Waals surface area contributed by atoms with E-state index >= 15 is 0 Å². The SMILES string of the molecule is CC(C)(C)P(C1=Cc2ccccc2[CH]1[Hf+2][CH]1CCC2C=CC=CC21)C(C)(C)C.[Cl-].[Cl-]. The number of benzene rings is 1. The summed E-state index contributed by atoms with van der Waals surface area (Å²) in [5, 5.41) is 2.56. The van der Waals surface area contributed by atoms with E-state index in [0.717, 1.165) is 19.2 Å². The van der Waals surface area contributed by atoms with Crippen molar-refractivity contribution in [3.63, 3.8) is 0 Å². The molecule has 0 spiro atoms. The average Bonchev–Trinajstić information content (AvgIpc) is 3.15. The smallest absolute Gasteiger partial charge is 1.00 e. The van der Waals surface area contributed by atoms with Gasteiger partial charge in [-0.2, -0.15) is 0 Å². The van der Waals surface area contributed by atoms with Gasteiger partial charge in [-0.25, -0.2) is 0 Å². The Hall–Kier alpha value is 0.320. The summed E-state index contributed by atoms with van der Waals surface area (Å²) in [7, 11) is -0.191. The van der Waals surface area contributed by atoms with Crippen molar-refractivity contribution in [1.29, 1.82) is 0 Å². The fourth-order valence-corrected chi connectivity index (χ4v) is 19.4. The van der Waals surface area contributed by atoms with Crippen LogP contribution in [0.4, 0.5) is 0 Å². The summed E-state index contributed by atoms with van der Waals surface area (Å²) < 4.78 is 1.83. The van der Waals surface area contributed by atoms with Gasteiger partial charge < -0.3 is 24.8 Å². The second kappa shape index (κ2) is 10.1. The molecule has 4 atom stereocenters. The van der Waals surface area contributed by atoms with Gasteiger partial charge in [-0.05, 0) is 0 Å². The zero-order chi connectivity index (χ0) is 20.1. The molecule has 0 aliphatic heterocycles. The fraction of sp³-hybridized carbons (Fsp3) is 0.538. The first kappa shape index (κ1) is 26.6. The summed E-state index contributed by atoms with van der Waals surface area (Å²) in [6.45, 7) is 14.9. The Morgan fingerprint density at radius 1 is 0.867 bits per heavy atom. The van der Waals surface area contributed by atoms with Crippen LogP contribution in [0.25, 0.3) is 6.08 Å². The topological polar surface area (TPSA) is 0 Å². The van der Waals surface area contributed by atoms with Gasteiger partial charge in [-0.15, -0.1) is 0 Å². The summed E-state index contributed by atoms with van der Waals surface area (Å²) in [4.78, 5) is 0. The van der Waals surface area contributed by atoms with E-state index in [9.17, 15) is 0 Å². The van der Waals surface area contributed by atoms with Crippen LogP contribution < -0.4 is 24.8 Å². The van der Waals surface area contributed by atoms with Crippen LogP contribution in [-0.4, -0.2) is 10.3 Å². The minimum absolute atomic E-state index is 0. The molecular weight excluding hydrogens is 593 g/mol. The Morgan fingerprint density at radius 2 is 1.50 bits per heavy atom. The molecular formula is C26H35Cl2HfP. The predicted molar refractivity (Wildman–Crippen MR) is 122 cm³/mol. The van der Waals surface area contributed by atoms with Crippen molar-refractivity contribution >= 4 is 14.0 Å². The largest absolute Gasteiger partial charge is 1.00 e. The van der Waals surface area contributed by atoms with E-state index < -0.39 is 22.9 Å². The summed E-state index contributed by atoms with van der Waals surface area (Å²) in [6, 6.07) is 9.35. The van der Waals surface area contributed by atoms with Gasteiger partial charge in [0.1, 0.15) is 0 Å². The molecule has 0 nitrogen and oxygen atoms in total. The van der Waals surface area contributed by atoms with Crippen molar-refractivity contribution in [1.82, 2.24) is 0 Å². The van der Waals surface area contributed by atoms with Crippen LogP contribution in [0.15, 0.2) is 53.9 Å². The van der Waals surface area contributed by atoms with E-state index in [1.165, 1.54) is 18.4 Å². The van der Waals surface area contributed by atoms with Crippen LogP contribution in [0.1, 0.15) is 69.2 Å². The molecule has 0 amide bonds. The standard InChI is InChI=1S/C17H24P.C9H11.2ClH.Hf/c1-16(2,3)18(17(4,5)6)15-11-13-9-7-8-10-14(13)12-15;1-2-5-9-7-3-6-8(9)4-1;;;/h7-12H,1-6H3;1-2,4-6,8-9H,3,7H2;2*1H;/q;;;;+2/p-2. The van der Waals surface area contributed by atoms with Gasteiger partial charge in [-0.3, -0.25) is 0 Å². The van der Waals surface area contributed by atoms with Gasteiger partial charge >= 0.3 is 186 Å². The maximum atomic E-state index is 2.64. The van der Waals surface area contributed by atoms with Gasteiger partial charge in [0, 0.05) is 0 Å². The average molecular weight is 628 g/mol. The van der Waals surface area contributed by atoms with Crippen molar-refractivity contribution in [2.24, 2.45) is 11.8 Å². The van der Waals surface area contributed by atoms with Crippen LogP contribution in [-0.2, 0) is 22.9 Å². The van der Waals surface area contributed by atoms with E-state index in [2.05, 4.69) is 96.2 Å². The Bertz CT molecular complexity index is 814. The number of fused-ring (bicyclic) bond motifs is 2. The molecule has 4 unspecified atom stereocenters. The molecule has 1 aromatic rings. The van der Waals surface area contributed by atoms with Gasteiger partial charge in [0.25, 0.3) is 0 Å². The van der Waals surface area contributed by atoms with Crippen molar-refractivity contribution in [2.75, 3.05) is 0 Å². The fourth-order valence-electron chi connectivity index (χ4n) is 5.82. The van der Waals surface area contributed by atoms with Crippen LogP contribution in [0, 0.1) is 11.8 Å². The van der Waals surface area contributed by atoms with Gasteiger partial charge in [0.05, 0.1) is 0 Å². The Morgan fingerprint density at radius 3 is 2.17 bits per heavy atom. The number of allylic oxidation sites excluding steroid dienone is 5. The third-order valence-electron chi connectivity index (χ3n) is 6.46. The summed E-state index contributed by atoms with van der Waals surface area (Å²) in [5.74, 6) is 1.68. The third kappa shape index (κ3) is 5.27. The zero-order valence-electron chi connectivity index (χ0n) is 19.1. The van der Waals surface area contributed by atoms with Gasteiger partial charge in [-0.1, -0.05) is 0 Å². The van der Waals surface area contributed by atoms with E-state index in [1.807, 2.05) is 5.31 Å². The minimum atomic E-state index is -0.886. The van der Waals surface area contributed by atoms with Crippen LogP contribution in [0.3, 0.4) is 0 Å². The second-order valence-corrected chi connectivity index (χ2v) is 20.5. The Labute approximate surface area is 209 Å². The van der Waals surface area contributed by atoms with Gasteiger partial charge in [0.15, 0.2) is 0 Å². The molecule has 0 radical (unpaired) electrons. The van der Waals surface area contributed by atoms with Gasteiger partial charge in [0.2, 0.25) is 0 Å². The molecule has 1 aromatic carbocycles. The molecule has 0 N–H and O–H groups in total. The van der Waals surface area contributed by atoms with E-state index in [4.69, 9.17) is 0 Å². The van der Waals surface area contributed by atoms with Crippen LogP contribution in [0.5, 0.6) is 0 Å². The van der Waals surface area contributed by atoms with E-state index in [1.54, 1.807) is 5.56 Å². The number of hydrogen-bond acceptors (Lipinski definition) is 0. The molecule has 0 aromatic heterocycles. The maximum Gasteiger partial charge on any atom is -1.00 e. The third-order valence-corrected chi connectivity index (χ3v) is 18.3. The molecule has 162 valence electrons. The first-order valence-electron chi connectivity index (χ1n) is 10.9. The minimum Gasteiger partial charge on any atom is -1.00 e. The molecule has 30 heavy (non-hydrogen) atoms. The Kier molecular flexibility index (Phi) is 8.92. The number of halogens is 2. The predicted octanol–water partition coefficient (Wildman–Crippen LogP) is 2.19. The zero-order valence-corrected chi connectivity index (χ0v) is 25.1. The monoisotopic (exact) mass is 628 g/mol. The quantitative estimate of drug-likeness (QED) is 0.356. The van der Waals surface area contributed by atoms with Crippen LogP contribution >= 0.6 is 7.92 Å². The molecule has 3 aliphatic carbocycles. The van der Waals surface area contributed by atoms with Crippen molar-refractivity contribution in [3.05, 3.63) is 65.0 Å². The number of hydrogen-bond donors (Lipinski definition) is 0. The summed E-state index contributed by atoms with van der Waals surface area (Å²) in [5.41, 5.74) is 3.21. The van der Waals surface area contributed by atoms with Crippen molar-refractivity contribution in [2.45, 2.75) is 72.0 Å². The summed E-state index contributed by atoms with van der Waals surface area (Å²) in [6.07, 6.45) is 15.2. The maximum absolute atomic E-state index is 2.64. The van der Waals surface area contributed by atoms with E-state index in [0.29, 0.717) is 10.3 Å².